The zero-order chi connectivity index (χ0) is 14.5. The van der Waals surface area contributed by atoms with Crippen LogP contribution >= 0.6 is 0 Å². The highest BCUT2D eigenvalue weighted by Gasteiger charge is 2.18. The van der Waals surface area contributed by atoms with Crippen molar-refractivity contribution in [1.29, 1.82) is 0 Å². The number of benzene rings is 1. The predicted octanol–water partition coefficient (Wildman–Crippen LogP) is -0.937. The van der Waals surface area contributed by atoms with Gasteiger partial charge in [-0.05, 0) is 11.6 Å². The van der Waals surface area contributed by atoms with Crippen LogP contribution in [-0.4, -0.2) is 31.4 Å². The number of ether oxygens (including phenoxy) is 1. The smallest absolute Gasteiger partial charge is 0.204 e. The second-order valence-electron chi connectivity index (χ2n) is 5.06. The number of nitrogens with zero attached hydrogens (tertiary/aromatic N) is 3. The minimum absolute atomic E-state index is 0. The van der Waals surface area contributed by atoms with Gasteiger partial charge in [0.05, 0.1) is 18.8 Å². The third kappa shape index (κ3) is 3.93. The van der Waals surface area contributed by atoms with Gasteiger partial charge < -0.3 is 26.6 Å². The van der Waals surface area contributed by atoms with Gasteiger partial charge in [-0.2, -0.15) is 0 Å². The molecule has 1 saturated heterocycles. The molecule has 0 radical (unpaired) electrons. The van der Waals surface area contributed by atoms with E-state index in [-0.39, 0.29) is 17.0 Å². The molecule has 0 unspecified atom stereocenters. The molecule has 116 valence electrons. The first-order valence-electron chi connectivity index (χ1n) is 7.27. The lowest BCUT2D eigenvalue weighted by Crippen LogP contribution is -3.00. The summed E-state index contributed by atoms with van der Waals surface area (Å²) in [5.41, 5.74) is 2.38. The van der Waals surface area contributed by atoms with Gasteiger partial charge in [-0.25, -0.2) is 0 Å². The van der Waals surface area contributed by atoms with Crippen molar-refractivity contribution in [2.45, 2.75) is 6.54 Å². The molecule has 1 aliphatic rings. The molecule has 0 spiro atoms. The van der Waals surface area contributed by atoms with E-state index in [9.17, 15) is 0 Å². The topological polar surface area (TPSA) is 29.2 Å². The summed E-state index contributed by atoms with van der Waals surface area (Å²) < 4.78 is 7.37. The molecular formula is C17H20BrN3O. The molecule has 5 heteroatoms. The Hall–Kier alpha value is -1.72. The first kappa shape index (κ1) is 16.6. The van der Waals surface area contributed by atoms with E-state index in [4.69, 9.17) is 4.74 Å². The molecule has 0 aliphatic carbocycles. The van der Waals surface area contributed by atoms with Crippen LogP contribution in [0.15, 0.2) is 55.3 Å². The molecule has 22 heavy (non-hydrogen) atoms. The number of hydrogen-bond donors (Lipinski definition) is 0. The Labute approximate surface area is 141 Å². The van der Waals surface area contributed by atoms with Crippen molar-refractivity contribution in [3.63, 3.8) is 0 Å². The molecule has 1 aromatic carbocycles. The van der Waals surface area contributed by atoms with Crippen molar-refractivity contribution in [1.82, 2.24) is 5.10 Å². The van der Waals surface area contributed by atoms with Gasteiger partial charge in [0.15, 0.2) is 12.4 Å². The molecule has 0 saturated carbocycles. The molecule has 2 aromatic rings. The highest BCUT2D eigenvalue weighted by atomic mass is 79.9. The van der Waals surface area contributed by atoms with Gasteiger partial charge in [-0.15, -0.1) is 0 Å². The molecule has 3 rings (SSSR count). The molecule has 0 amide bonds. The molecule has 0 atom stereocenters. The van der Waals surface area contributed by atoms with Gasteiger partial charge >= 0.3 is 0 Å². The summed E-state index contributed by atoms with van der Waals surface area (Å²) in [6.07, 6.45) is 3.94. The summed E-state index contributed by atoms with van der Waals surface area (Å²) >= 11 is 0. The fourth-order valence-electron chi connectivity index (χ4n) is 2.49. The van der Waals surface area contributed by atoms with Gasteiger partial charge in [0.25, 0.3) is 0 Å². The van der Waals surface area contributed by atoms with Crippen LogP contribution in [0.2, 0.25) is 0 Å². The van der Waals surface area contributed by atoms with E-state index in [2.05, 4.69) is 53.1 Å². The summed E-state index contributed by atoms with van der Waals surface area (Å²) in [4.78, 5) is 2.27. The molecule has 4 nitrogen and oxygen atoms in total. The fraction of sp³-hybridized carbons (Fsp3) is 0.294. The van der Waals surface area contributed by atoms with Crippen LogP contribution in [0.1, 0.15) is 0 Å². The van der Waals surface area contributed by atoms with E-state index in [0.29, 0.717) is 6.54 Å². The summed E-state index contributed by atoms with van der Waals surface area (Å²) in [6, 6.07) is 12.5. The lowest BCUT2D eigenvalue weighted by molar-refractivity contribution is -0.743. The van der Waals surface area contributed by atoms with Gasteiger partial charge in [0, 0.05) is 24.3 Å². The Morgan fingerprint density at radius 2 is 1.91 bits per heavy atom. The van der Waals surface area contributed by atoms with Crippen molar-refractivity contribution in [2.75, 3.05) is 31.2 Å². The van der Waals surface area contributed by atoms with Crippen LogP contribution in [-0.2, 0) is 11.3 Å². The first-order chi connectivity index (χ1) is 10.4. The third-order valence-corrected chi connectivity index (χ3v) is 3.56. The molecule has 0 bridgehead atoms. The molecule has 1 aliphatic heterocycles. The number of hydrogen-bond acceptors (Lipinski definition) is 3. The molecule has 2 heterocycles. The van der Waals surface area contributed by atoms with E-state index >= 15 is 0 Å². The van der Waals surface area contributed by atoms with Crippen molar-refractivity contribution in [3.8, 4) is 11.1 Å². The fourth-order valence-corrected chi connectivity index (χ4v) is 2.49. The molecule has 0 N–H and O–H groups in total. The quantitative estimate of drug-likeness (QED) is 0.520. The van der Waals surface area contributed by atoms with Crippen LogP contribution in [0.5, 0.6) is 0 Å². The highest BCUT2D eigenvalue weighted by Crippen LogP contribution is 2.21. The number of allylic oxidation sites excluding steroid dienone is 1. The summed E-state index contributed by atoms with van der Waals surface area (Å²) in [5.74, 6) is 1.00. The zero-order valence-corrected chi connectivity index (χ0v) is 14.1. The second-order valence-corrected chi connectivity index (χ2v) is 5.06. The second kappa shape index (κ2) is 8.06. The molecule has 1 fully saturated rings. The van der Waals surface area contributed by atoms with Crippen molar-refractivity contribution < 1.29 is 26.4 Å². The van der Waals surface area contributed by atoms with E-state index in [1.807, 2.05) is 16.8 Å². The van der Waals surface area contributed by atoms with E-state index in [1.165, 1.54) is 11.1 Å². The monoisotopic (exact) mass is 361 g/mol. The summed E-state index contributed by atoms with van der Waals surface area (Å²) in [6.45, 7) is 7.81. The minimum Gasteiger partial charge on any atom is -1.00 e. The average molecular weight is 362 g/mol. The van der Waals surface area contributed by atoms with E-state index in [0.717, 1.165) is 32.1 Å². The van der Waals surface area contributed by atoms with E-state index < -0.39 is 0 Å². The minimum atomic E-state index is 0. The predicted molar refractivity (Wildman–Crippen MR) is 83.1 cm³/mol. The maximum absolute atomic E-state index is 5.42. The van der Waals surface area contributed by atoms with Crippen molar-refractivity contribution in [3.05, 3.63) is 55.3 Å². The maximum Gasteiger partial charge on any atom is 0.204 e. The SMILES string of the molecule is C=CC[n+]1cc(-c2ccccc2)cc(N2CCOCC2)n1.[Br-]. The van der Waals surface area contributed by atoms with Gasteiger partial charge in [-0.3, -0.25) is 0 Å². The number of rotatable bonds is 4. The lowest BCUT2D eigenvalue weighted by Gasteiger charge is -2.26. The average Bonchev–Trinajstić information content (AvgIpc) is 2.56. The highest BCUT2D eigenvalue weighted by molar-refractivity contribution is 5.64. The Kier molecular flexibility index (Phi) is 6.10. The van der Waals surface area contributed by atoms with Gasteiger partial charge in [0.1, 0.15) is 0 Å². The molecular weight excluding hydrogens is 342 g/mol. The van der Waals surface area contributed by atoms with Crippen LogP contribution in [0.4, 0.5) is 5.82 Å². The van der Waals surface area contributed by atoms with Gasteiger partial charge in [0.2, 0.25) is 6.20 Å². The number of aromatic nitrogens is 2. The largest absolute Gasteiger partial charge is 1.00 e. The Morgan fingerprint density at radius 1 is 1.18 bits per heavy atom. The van der Waals surface area contributed by atoms with Crippen LogP contribution in [0, 0.1) is 0 Å². The number of anilines is 1. The summed E-state index contributed by atoms with van der Waals surface area (Å²) in [7, 11) is 0. The lowest BCUT2D eigenvalue weighted by atomic mass is 10.1. The van der Waals surface area contributed by atoms with Crippen molar-refractivity contribution >= 4 is 5.82 Å². The normalized spacial score (nSPS) is 14.3. The number of halogens is 1. The van der Waals surface area contributed by atoms with Crippen molar-refractivity contribution in [2.24, 2.45) is 0 Å². The van der Waals surface area contributed by atoms with Crippen LogP contribution in [0.3, 0.4) is 0 Å². The maximum atomic E-state index is 5.42. The van der Waals surface area contributed by atoms with E-state index in [1.54, 1.807) is 0 Å². The Morgan fingerprint density at radius 3 is 2.59 bits per heavy atom. The Bertz CT molecular complexity index is 613. The Balaban J connectivity index is 0.00000176. The summed E-state index contributed by atoms with van der Waals surface area (Å²) in [5, 5.41) is 4.69. The molecule has 1 aromatic heterocycles. The first-order valence-corrected chi connectivity index (χ1v) is 7.27. The standard InChI is InChI=1S/C17H20N3O.BrH/c1-2-8-20-14-16(15-6-4-3-5-7-15)13-17(18-20)19-9-11-21-12-10-19;/h2-7,13-14H,1,8-12H2;1H/q+1;/p-1. The number of morpholine rings is 1. The van der Waals surface area contributed by atoms with Crippen LogP contribution < -0.4 is 26.6 Å². The van der Waals surface area contributed by atoms with Crippen LogP contribution in [0.25, 0.3) is 11.1 Å². The van der Waals surface area contributed by atoms with Gasteiger partial charge in [-0.1, -0.05) is 41.6 Å². The third-order valence-electron chi connectivity index (χ3n) is 3.56. The zero-order valence-electron chi connectivity index (χ0n) is 12.5.